The van der Waals surface area contributed by atoms with Crippen LogP contribution in [0.15, 0.2) is 48.5 Å². The fraction of sp³-hybridized carbons (Fsp3) is 0.409. The van der Waals surface area contributed by atoms with Crippen molar-refractivity contribution in [2.75, 3.05) is 13.1 Å². The summed E-state index contributed by atoms with van der Waals surface area (Å²) in [6.45, 7) is 7.61. The highest BCUT2D eigenvalue weighted by Crippen LogP contribution is 2.31. The zero-order valence-electron chi connectivity index (χ0n) is 16.4. The Morgan fingerprint density at radius 2 is 1.93 bits per heavy atom. The van der Waals surface area contributed by atoms with Gasteiger partial charge in [-0.3, -0.25) is 4.90 Å². The molecule has 0 saturated carbocycles. The minimum absolute atomic E-state index is 0.0528. The maximum Gasteiger partial charge on any atom is 0.407 e. The summed E-state index contributed by atoms with van der Waals surface area (Å²) in [6, 6.07) is 14.8. The fourth-order valence-electron chi connectivity index (χ4n) is 3.54. The van der Waals surface area contributed by atoms with E-state index in [0.717, 1.165) is 12.1 Å². The van der Waals surface area contributed by atoms with Crippen molar-refractivity contribution in [3.63, 3.8) is 0 Å². The third kappa shape index (κ3) is 5.46. The first-order valence-electron chi connectivity index (χ1n) is 9.42. The Bertz CT molecular complexity index is 823. The Labute approximate surface area is 170 Å². The van der Waals surface area contributed by atoms with Crippen LogP contribution in [0.3, 0.4) is 0 Å². The van der Waals surface area contributed by atoms with E-state index in [0.29, 0.717) is 13.1 Å². The van der Waals surface area contributed by atoms with E-state index in [-0.39, 0.29) is 17.0 Å². The third-order valence-electron chi connectivity index (χ3n) is 4.72. The van der Waals surface area contributed by atoms with Crippen LogP contribution in [0.25, 0.3) is 0 Å². The van der Waals surface area contributed by atoms with E-state index >= 15 is 0 Å². The van der Waals surface area contributed by atoms with Gasteiger partial charge in [-0.15, -0.1) is 0 Å². The van der Waals surface area contributed by atoms with Crippen molar-refractivity contribution in [3.05, 3.63) is 70.5 Å². The average molecular weight is 405 g/mol. The SMILES string of the molecule is CC(C)(C)OC(=O)N[C@H]1CN(Cc2ccccc2)C[C@@H]1c1ccc(Cl)c(F)c1. The van der Waals surface area contributed by atoms with Crippen LogP contribution >= 0.6 is 11.6 Å². The topological polar surface area (TPSA) is 41.6 Å². The van der Waals surface area contributed by atoms with Gasteiger partial charge < -0.3 is 10.1 Å². The van der Waals surface area contributed by atoms with Crippen LogP contribution in [-0.4, -0.2) is 35.7 Å². The highest BCUT2D eigenvalue weighted by Gasteiger charge is 2.36. The molecule has 2 aromatic rings. The highest BCUT2D eigenvalue weighted by atomic mass is 35.5. The standard InChI is InChI=1S/C22H26ClFN2O2/c1-22(2,3)28-21(27)25-20-14-26(12-15-7-5-4-6-8-15)13-17(20)16-9-10-18(23)19(24)11-16/h4-11,17,20H,12-14H2,1-3H3,(H,25,27)/t17-,20+/m1/s1. The number of hydrogen-bond donors (Lipinski definition) is 1. The Morgan fingerprint density at radius 3 is 2.57 bits per heavy atom. The van der Waals surface area contributed by atoms with Crippen LogP contribution in [0.5, 0.6) is 0 Å². The molecule has 0 spiro atoms. The number of benzene rings is 2. The minimum atomic E-state index is -0.575. The molecule has 0 aromatic heterocycles. The molecule has 1 heterocycles. The molecule has 0 radical (unpaired) electrons. The first-order valence-corrected chi connectivity index (χ1v) is 9.80. The van der Waals surface area contributed by atoms with Crippen molar-refractivity contribution < 1.29 is 13.9 Å². The van der Waals surface area contributed by atoms with Gasteiger partial charge in [0.1, 0.15) is 11.4 Å². The van der Waals surface area contributed by atoms with Crippen molar-refractivity contribution in [2.24, 2.45) is 0 Å². The average Bonchev–Trinajstić information content (AvgIpc) is 2.98. The van der Waals surface area contributed by atoms with Gasteiger partial charge in [0.15, 0.2) is 0 Å². The molecule has 0 unspecified atom stereocenters. The number of likely N-dealkylation sites (tertiary alicyclic amines) is 1. The molecule has 2 atom stereocenters. The summed E-state index contributed by atoms with van der Waals surface area (Å²) < 4.78 is 19.4. The van der Waals surface area contributed by atoms with E-state index in [1.165, 1.54) is 11.6 Å². The molecule has 1 saturated heterocycles. The number of ether oxygens (including phenoxy) is 1. The number of rotatable bonds is 4. The summed E-state index contributed by atoms with van der Waals surface area (Å²) in [5.41, 5.74) is 1.44. The second-order valence-corrected chi connectivity index (χ2v) is 8.62. The lowest BCUT2D eigenvalue weighted by atomic mass is 9.94. The third-order valence-corrected chi connectivity index (χ3v) is 5.02. The largest absolute Gasteiger partial charge is 0.444 e. The predicted octanol–water partition coefficient (Wildman–Crippen LogP) is 4.97. The van der Waals surface area contributed by atoms with Crippen LogP contribution in [0.1, 0.15) is 37.8 Å². The summed E-state index contributed by atoms with van der Waals surface area (Å²) >= 11 is 5.84. The monoisotopic (exact) mass is 404 g/mol. The summed E-state index contributed by atoms with van der Waals surface area (Å²) in [7, 11) is 0. The number of halogens is 2. The van der Waals surface area contributed by atoms with Gasteiger partial charge in [0.05, 0.1) is 11.1 Å². The van der Waals surface area contributed by atoms with Gasteiger partial charge in [-0.1, -0.05) is 48.0 Å². The van der Waals surface area contributed by atoms with Gasteiger partial charge in [-0.05, 0) is 44.0 Å². The minimum Gasteiger partial charge on any atom is -0.444 e. The van der Waals surface area contributed by atoms with Crippen molar-refractivity contribution >= 4 is 17.7 Å². The quantitative estimate of drug-likeness (QED) is 0.782. The first kappa shape index (κ1) is 20.6. The molecule has 1 aliphatic rings. The van der Waals surface area contributed by atoms with Crippen molar-refractivity contribution in [2.45, 2.75) is 44.9 Å². The molecule has 2 aromatic carbocycles. The van der Waals surface area contributed by atoms with Gasteiger partial charge in [-0.2, -0.15) is 0 Å². The molecular weight excluding hydrogens is 379 g/mol. The molecule has 3 rings (SSSR count). The number of alkyl carbamates (subject to hydrolysis) is 1. The molecule has 1 N–H and O–H groups in total. The van der Waals surface area contributed by atoms with Gasteiger partial charge in [-0.25, -0.2) is 9.18 Å². The van der Waals surface area contributed by atoms with E-state index in [9.17, 15) is 9.18 Å². The Morgan fingerprint density at radius 1 is 1.21 bits per heavy atom. The summed E-state index contributed by atoms with van der Waals surface area (Å²) in [5, 5.41) is 3.07. The van der Waals surface area contributed by atoms with Crippen molar-refractivity contribution in [1.82, 2.24) is 10.2 Å². The Kier molecular flexibility index (Phi) is 6.26. The van der Waals surface area contributed by atoms with Gasteiger partial charge in [0, 0.05) is 25.6 Å². The Hall–Kier alpha value is -2.11. The predicted molar refractivity (Wildman–Crippen MR) is 109 cm³/mol. The molecule has 1 aliphatic heterocycles. The zero-order valence-corrected chi connectivity index (χ0v) is 17.2. The van der Waals surface area contributed by atoms with Crippen LogP contribution in [0, 0.1) is 5.82 Å². The number of nitrogens with one attached hydrogen (secondary N) is 1. The number of carbonyl (C=O) groups is 1. The van der Waals surface area contributed by atoms with Gasteiger partial charge in [0.25, 0.3) is 0 Å². The van der Waals surface area contributed by atoms with E-state index in [1.54, 1.807) is 6.07 Å². The number of carbonyl (C=O) groups excluding carboxylic acids is 1. The zero-order chi connectivity index (χ0) is 20.3. The van der Waals surface area contributed by atoms with Crippen LogP contribution in [-0.2, 0) is 11.3 Å². The van der Waals surface area contributed by atoms with Gasteiger partial charge >= 0.3 is 6.09 Å². The molecular formula is C22H26ClFN2O2. The molecule has 28 heavy (non-hydrogen) atoms. The maximum absolute atomic E-state index is 14.0. The first-order chi connectivity index (χ1) is 13.2. The molecule has 1 amide bonds. The van der Waals surface area contributed by atoms with Crippen LogP contribution in [0.2, 0.25) is 5.02 Å². The van der Waals surface area contributed by atoms with E-state index < -0.39 is 17.5 Å². The lowest BCUT2D eigenvalue weighted by molar-refractivity contribution is 0.0502. The summed E-state index contributed by atoms with van der Waals surface area (Å²) in [5.74, 6) is -0.500. The smallest absolute Gasteiger partial charge is 0.407 e. The van der Waals surface area contributed by atoms with Crippen molar-refractivity contribution in [3.8, 4) is 0 Å². The molecule has 0 bridgehead atoms. The fourth-order valence-corrected chi connectivity index (χ4v) is 3.66. The van der Waals surface area contributed by atoms with E-state index in [2.05, 4.69) is 22.3 Å². The highest BCUT2D eigenvalue weighted by molar-refractivity contribution is 6.30. The summed E-state index contributed by atoms with van der Waals surface area (Å²) in [4.78, 5) is 14.6. The summed E-state index contributed by atoms with van der Waals surface area (Å²) in [6.07, 6.45) is -0.460. The number of amides is 1. The normalized spacial score (nSPS) is 20.2. The van der Waals surface area contributed by atoms with Crippen LogP contribution in [0.4, 0.5) is 9.18 Å². The van der Waals surface area contributed by atoms with Crippen molar-refractivity contribution in [1.29, 1.82) is 0 Å². The van der Waals surface area contributed by atoms with E-state index in [4.69, 9.17) is 16.3 Å². The number of hydrogen-bond acceptors (Lipinski definition) is 3. The second kappa shape index (κ2) is 8.50. The lowest BCUT2D eigenvalue weighted by Crippen LogP contribution is -2.42. The number of nitrogens with zero attached hydrogens (tertiary/aromatic N) is 1. The maximum atomic E-state index is 14.0. The lowest BCUT2D eigenvalue weighted by Gasteiger charge is -2.24. The molecule has 1 fully saturated rings. The molecule has 150 valence electrons. The van der Waals surface area contributed by atoms with Crippen LogP contribution < -0.4 is 5.32 Å². The van der Waals surface area contributed by atoms with E-state index in [1.807, 2.05) is 45.0 Å². The second-order valence-electron chi connectivity index (χ2n) is 8.21. The van der Waals surface area contributed by atoms with Gasteiger partial charge in [0.2, 0.25) is 0 Å². The molecule has 4 nitrogen and oxygen atoms in total. The molecule has 0 aliphatic carbocycles. The molecule has 6 heteroatoms. The Balaban J connectivity index is 1.78.